The highest BCUT2D eigenvalue weighted by Gasteiger charge is 2.22. The molecule has 120 valence electrons. The molecule has 1 aromatic heterocycles. The minimum atomic E-state index is -0.307. The van der Waals surface area contributed by atoms with Gasteiger partial charge in [0.05, 0.1) is 23.4 Å². The molecule has 23 heavy (non-hydrogen) atoms. The largest absolute Gasteiger partial charge is 0.481 e. The summed E-state index contributed by atoms with van der Waals surface area (Å²) < 4.78 is 6.11. The molecule has 1 aromatic carbocycles. The van der Waals surface area contributed by atoms with Gasteiger partial charge in [0.1, 0.15) is 11.4 Å². The highest BCUT2D eigenvalue weighted by atomic mass is 79.9. The van der Waals surface area contributed by atoms with Crippen LogP contribution in [0.4, 0.5) is 16.2 Å². The Hall–Kier alpha value is -2.13. The van der Waals surface area contributed by atoms with Crippen molar-refractivity contribution in [1.29, 1.82) is 0 Å². The summed E-state index contributed by atoms with van der Waals surface area (Å²) in [7, 11) is 1.67. The maximum Gasteiger partial charge on any atom is 0.322 e. The van der Waals surface area contributed by atoms with Crippen LogP contribution in [0.25, 0.3) is 0 Å². The predicted molar refractivity (Wildman–Crippen MR) is 90.9 cm³/mol. The summed E-state index contributed by atoms with van der Waals surface area (Å²) in [5.74, 6) is 0.252. The zero-order valence-corrected chi connectivity index (χ0v) is 14.5. The zero-order valence-electron chi connectivity index (χ0n) is 12.1. The van der Waals surface area contributed by atoms with E-state index in [9.17, 15) is 9.59 Å². The van der Waals surface area contributed by atoms with E-state index in [1.807, 2.05) is 5.38 Å². The van der Waals surface area contributed by atoms with Crippen molar-refractivity contribution in [3.63, 3.8) is 0 Å². The fourth-order valence-electron chi connectivity index (χ4n) is 2.08. The number of hydrogen-bond acceptors (Lipinski definition) is 5. The van der Waals surface area contributed by atoms with E-state index >= 15 is 0 Å². The summed E-state index contributed by atoms with van der Waals surface area (Å²) in [5.41, 5.74) is 3.47. The van der Waals surface area contributed by atoms with E-state index in [2.05, 4.69) is 31.5 Å². The van der Waals surface area contributed by atoms with E-state index in [4.69, 9.17) is 4.74 Å². The van der Waals surface area contributed by atoms with Crippen LogP contribution in [0.1, 0.15) is 5.69 Å². The minimum Gasteiger partial charge on any atom is -0.481 e. The number of ether oxygens (including phenoxy) is 1. The summed E-state index contributed by atoms with van der Waals surface area (Å²) >= 11 is 4.84. The Bertz CT molecular complexity index is 751. The molecule has 2 N–H and O–H groups in total. The van der Waals surface area contributed by atoms with Gasteiger partial charge in [-0.3, -0.25) is 4.79 Å². The number of benzene rings is 1. The summed E-state index contributed by atoms with van der Waals surface area (Å²) in [6.45, 7) is 0.356. The lowest BCUT2D eigenvalue weighted by Gasteiger charge is -2.23. The van der Waals surface area contributed by atoms with E-state index in [0.717, 1.165) is 10.2 Å². The van der Waals surface area contributed by atoms with Gasteiger partial charge in [-0.15, -0.1) is 11.3 Å². The van der Waals surface area contributed by atoms with E-state index in [-0.39, 0.29) is 18.5 Å². The molecule has 0 aliphatic carbocycles. The lowest BCUT2D eigenvalue weighted by Crippen LogP contribution is -2.32. The summed E-state index contributed by atoms with van der Waals surface area (Å²) in [6.07, 6.45) is 0. The number of urea groups is 1. The standard InChI is InChI=1S/C14H13BrN4O3S/c1-19(4-9-6-23-7-16-9)14(21)17-10-2-8(15)3-11-13(10)18-12(20)5-22-11/h2-3,6-7H,4-5H2,1H3,(H,17,21)(H,18,20). The van der Waals surface area contributed by atoms with Gasteiger partial charge >= 0.3 is 6.03 Å². The van der Waals surface area contributed by atoms with Crippen LogP contribution in [0.3, 0.4) is 0 Å². The van der Waals surface area contributed by atoms with E-state index in [0.29, 0.717) is 23.7 Å². The topological polar surface area (TPSA) is 83.6 Å². The second kappa shape index (κ2) is 6.55. The lowest BCUT2D eigenvalue weighted by atomic mass is 10.2. The molecule has 0 saturated carbocycles. The van der Waals surface area contributed by atoms with Gasteiger partial charge in [-0.2, -0.15) is 0 Å². The molecule has 1 aliphatic rings. The fraction of sp³-hybridized carbons (Fsp3) is 0.214. The number of nitrogens with zero attached hydrogens (tertiary/aromatic N) is 2. The number of thiazole rings is 1. The Labute approximate surface area is 144 Å². The molecule has 2 aromatic rings. The van der Waals surface area contributed by atoms with Crippen LogP contribution in [0.2, 0.25) is 0 Å². The number of nitrogens with one attached hydrogen (secondary N) is 2. The monoisotopic (exact) mass is 396 g/mol. The lowest BCUT2D eigenvalue weighted by molar-refractivity contribution is -0.118. The molecule has 0 radical (unpaired) electrons. The minimum absolute atomic E-state index is 0.0411. The molecule has 0 fully saturated rings. The van der Waals surface area contributed by atoms with Crippen molar-refractivity contribution in [1.82, 2.24) is 9.88 Å². The number of hydrogen-bond donors (Lipinski definition) is 2. The van der Waals surface area contributed by atoms with Crippen LogP contribution in [0, 0.1) is 0 Å². The zero-order chi connectivity index (χ0) is 16.4. The summed E-state index contributed by atoms with van der Waals surface area (Å²) in [6, 6.07) is 3.14. The smallest absolute Gasteiger partial charge is 0.322 e. The van der Waals surface area contributed by atoms with Crippen LogP contribution in [-0.4, -0.2) is 35.5 Å². The summed E-state index contributed by atoms with van der Waals surface area (Å²) in [4.78, 5) is 29.5. The SMILES string of the molecule is CN(Cc1cscn1)C(=O)Nc1cc(Br)cc2c1NC(=O)CO2. The first-order valence-electron chi connectivity index (χ1n) is 6.68. The number of fused-ring (bicyclic) bond motifs is 1. The van der Waals surface area contributed by atoms with Crippen molar-refractivity contribution in [2.75, 3.05) is 24.3 Å². The van der Waals surface area contributed by atoms with Gasteiger partial charge in [-0.1, -0.05) is 15.9 Å². The van der Waals surface area contributed by atoms with Gasteiger partial charge < -0.3 is 20.3 Å². The molecule has 2 heterocycles. The van der Waals surface area contributed by atoms with Crippen LogP contribution >= 0.6 is 27.3 Å². The third-order valence-corrected chi connectivity index (χ3v) is 4.25. The second-order valence-electron chi connectivity index (χ2n) is 4.93. The van der Waals surface area contributed by atoms with Crippen molar-refractivity contribution < 1.29 is 14.3 Å². The van der Waals surface area contributed by atoms with E-state index in [1.54, 1.807) is 24.7 Å². The number of carbonyl (C=O) groups excluding carboxylic acids is 2. The van der Waals surface area contributed by atoms with Gasteiger partial charge in [0, 0.05) is 16.9 Å². The third-order valence-electron chi connectivity index (χ3n) is 3.16. The average Bonchev–Trinajstić information content (AvgIpc) is 3.00. The van der Waals surface area contributed by atoms with E-state index in [1.165, 1.54) is 16.2 Å². The van der Waals surface area contributed by atoms with Crippen LogP contribution in [0.5, 0.6) is 5.75 Å². The van der Waals surface area contributed by atoms with E-state index < -0.39 is 0 Å². The van der Waals surface area contributed by atoms with Crippen molar-refractivity contribution in [3.8, 4) is 5.75 Å². The molecule has 0 atom stereocenters. The Balaban J connectivity index is 1.78. The molecule has 0 unspecified atom stereocenters. The maximum atomic E-state index is 12.3. The van der Waals surface area contributed by atoms with Crippen LogP contribution in [-0.2, 0) is 11.3 Å². The summed E-state index contributed by atoms with van der Waals surface area (Å²) in [5, 5.41) is 7.39. The Kier molecular flexibility index (Phi) is 4.49. The van der Waals surface area contributed by atoms with Crippen molar-refractivity contribution >= 4 is 50.6 Å². The highest BCUT2D eigenvalue weighted by Crippen LogP contribution is 2.38. The molecule has 3 rings (SSSR count). The first kappa shape index (κ1) is 15.8. The first-order valence-corrected chi connectivity index (χ1v) is 8.42. The number of rotatable bonds is 3. The quantitative estimate of drug-likeness (QED) is 0.835. The van der Waals surface area contributed by atoms with Gasteiger partial charge in [-0.05, 0) is 12.1 Å². The molecule has 0 bridgehead atoms. The Morgan fingerprint density at radius 1 is 1.57 bits per heavy atom. The van der Waals surface area contributed by atoms with Gasteiger partial charge in [0.25, 0.3) is 5.91 Å². The highest BCUT2D eigenvalue weighted by molar-refractivity contribution is 9.10. The van der Waals surface area contributed by atoms with Crippen molar-refractivity contribution in [3.05, 3.63) is 33.2 Å². The number of halogens is 1. The number of carbonyl (C=O) groups is 2. The number of anilines is 2. The van der Waals surface area contributed by atoms with Gasteiger partial charge in [-0.25, -0.2) is 9.78 Å². The van der Waals surface area contributed by atoms with Crippen molar-refractivity contribution in [2.24, 2.45) is 0 Å². The maximum absolute atomic E-state index is 12.3. The predicted octanol–water partition coefficient (Wildman–Crippen LogP) is 2.90. The molecule has 0 saturated heterocycles. The molecule has 9 heteroatoms. The number of aromatic nitrogens is 1. The van der Waals surface area contributed by atoms with Gasteiger partial charge in [0.2, 0.25) is 0 Å². The van der Waals surface area contributed by atoms with Crippen LogP contribution < -0.4 is 15.4 Å². The third kappa shape index (κ3) is 3.62. The normalized spacial score (nSPS) is 12.9. The molecule has 3 amide bonds. The molecular formula is C14H13BrN4O3S. The number of amides is 3. The molecule has 0 spiro atoms. The first-order chi connectivity index (χ1) is 11.0. The van der Waals surface area contributed by atoms with Gasteiger partial charge in [0.15, 0.2) is 6.61 Å². The van der Waals surface area contributed by atoms with Crippen LogP contribution in [0.15, 0.2) is 27.5 Å². The van der Waals surface area contributed by atoms with Crippen molar-refractivity contribution in [2.45, 2.75) is 6.54 Å². The Morgan fingerprint density at radius 2 is 2.39 bits per heavy atom. The average molecular weight is 397 g/mol. The molecular weight excluding hydrogens is 384 g/mol. The second-order valence-corrected chi connectivity index (χ2v) is 6.56. The Morgan fingerprint density at radius 3 is 3.13 bits per heavy atom. The fourth-order valence-corrected chi connectivity index (χ4v) is 3.07. The molecule has 1 aliphatic heterocycles. The molecule has 7 nitrogen and oxygen atoms in total.